The van der Waals surface area contributed by atoms with Gasteiger partial charge in [-0.15, -0.1) is 0 Å². The first-order valence-electron chi connectivity index (χ1n) is 42.8. The third-order valence-corrected chi connectivity index (χ3v) is 15.0. The molecular weight excluding hydrogens is 1640 g/mol. The van der Waals surface area contributed by atoms with Gasteiger partial charge in [-0.2, -0.15) is 0 Å². The van der Waals surface area contributed by atoms with Crippen LogP contribution in [-0.2, 0) is 157 Å². The molecule has 0 aliphatic rings. The lowest BCUT2D eigenvalue weighted by molar-refractivity contribution is -0.159. The van der Waals surface area contributed by atoms with Crippen LogP contribution in [0.3, 0.4) is 0 Å². The second-order valence-electron chi connectivity index (χ2n) is 39.8. The predicted molar refractivity (Wildman–Crippen MR) is 457 cm³/mol. The molecule has 0 aromatic heterocycles. The van der Waals surface area contributed by atoms with Gasteiger partial charge in [0.2, 0.25) is 17.7 Å². The second-order valence-corrected chi connectivity index (χ2v) is 39.8. The standard InChI is InChI=1S/C88H158N4O33/c1-76(2,3)117-67(96)31-43-108-55-86(56-109-44-32-68(97)118-77(4,5)6,57-110-45-33-69(98)119-78(7,8)9)90-64(93)28-40-105-52-85(89,53-106-41-29-65(94)91-87(58-111-46-34-70(99)120-79(10,11)12,59-112-47-35-71(100)121-80(13,14)15)60-113-48-36-72(101)122-81(16,17)18)54-107-42-30-66(95)92-88(61-114-49-37-73(102)123-82(19,20)21,62-115-50-38-74(103)124-83(22,23)24)63-116-51-39-75(104)125-84(25,26)27/h28-63,89H2,1-27H3,(H,90,93)(H,91,94)(H,92,95). The number of hydrogen-bond donors (Lipinski definition) is 4. The van der Waals surface area contributed by atoms with E-state index in [-0.39, 0.29) is 216 Å². The second kappa shape index (κ2) is 56.5. The summed E-state index contributed by atoms with van der Waals surface area (Å²) in [7, 11) is 0. The van der Waals surface area contributed by atoms with E-state index in [9.17, 15) is 57.5 Å². The van der Waals surface area contributed by atoms with E-state index in [1.807, 2.05) is 0 Å². The van der Waals surface area contributed by atoms with Crippen LogP contribution in [0.25, 0.3) is 0 Å². The highest BCUT2D eigenvalue weighted by atomic mass is 16.6. The summed E-state index contributed by atoms with van der Waals surface area (Å²) in [5.41, 5.74) is -6.35. The van der Waals surface area contributed by atoms with E-state index in [2.05, 4.69) is 16.0 Å². The first-order valence-corrected chi connectivity index (χ1v) is 42.8. The number of nitrogens with one attached hydrogen (secondary N) is 3. The van der Waals surface area contributed by atoms with E-state index in [0.717, 1.165) is 0 Å². The highest BCUT2D eigenvalue weighted by Crippen LogP contribution is 2.22. The highest BCUT2D eigenvalue weighted by molar-refractivity contribution is 5.78. The van der Waals surface area contributed by atoms with Crippen LogP contribution >= 0.6 is 0 Å². The lowest BCUT2D eigenvalue weighted by Crippen LogP contribution is -2.59. The van der Waals surface area contributed by atoms with Crippen molar-refractivity contribution in [3.63, 3.8) is 0 Å². The van der Waals surface area contributed by atoms with Crippen LogP contribution in [0.2, 0.25) is 0 Å². The van der Waals surface area contributed by atoms with Gasteiger partial charge in [-0.3, -0.25) is 57.5 Å². The molecule has 0 aromatic rings. The number of rotatable bonds is 63. The monoisotopic (exact) mass is 1800 g/mol. The van der Waals surface area contributed by atoms with Crippen LogP contribution in [-0.4, -0.2) is 303 Å². The molecule has 0 saturated carbocycles. The van der Waals surface area contributed by atoms with Crippen molar-refractivity contribution in [3.8, 4) is 0 Å². The molecule has 0 heterocycles. The zero-order chi connectivity index (χ0) is 95.9. The maximum absolute atomic E-state index is 14.4. The number of amides is 3. The fourth-order valence-electron chi connectivity index (χ4n) is 10.6. The molecule has 0 rings (SSSR count). The quantitative estimate of drug-likeness (QED) is 0.0253. The topological polar surface area (TPSA) is 461 Å². The fourth-order valence-corrected chi connectivity index (χ4v) is 10.6. The third-order valence-electron chi connectivity index (χ3n) is 15.0. The summed E-state index contributed by atoms with van der Waals surface area (Å²) in [6, 6.07) is 0. The lowest BCUT2D eigenvalue weighted by Gasteiger charge is -2.35. The van der Waals surface area contributed by atoms with Crippen molar-refractivity contribution in [2.45, 2.75) is 337 Å². The molecule has 0 radical (unpaired) electrons. The van der Waals surface area contributed by atoms with Crippen LogP contribution < -0.4 is 21.7 Å². The Morgan fingerprint density at radius 3 is 0.392 bits per heavy atom. The molecule has 0 spiro atoms. The van der Waals surface area contributed by atoms with Crippen molar-refractivity contribution >= 4 is 71.4 Å². The Labute approximate surface area is 742 Å². The molecule has 5 N–H and O–H groups in total. The molecule has 0 atom stereocenters. The van der Waals surface area contributed by atoms with E-state index in [1.165, 1.54) is 0 Å². The Bertz CT molecular complexity index is 2630. The Morgan fingerprint density at radius 2 is 0.280 bits per heavy atom. The molecule has 0 fully saturated rings. The van der Waals surface area contributed by atoms with E-state index >= 15 is 0 Å². The van der Waals surface area contributed by atoms with E-state index in [1.54, 1.807) is 187 Å². The predicted octanol–water partition coefficient (Wildman–Crippen LogP) is 8.20. The van der Waals surface area contributed by atoms with E-state index in [0.29, 0.717) is 0 Å². The summed E-state index contributed by atoms with van der Waals surface area (Å²) in [6.45, 7) is 39.6. The minimum absolute atomic E-state index is 0.171. The molecule has 728 valence electrons. The molecule has 0 aliphatic heterocycles. The molecule has 0 saturated heterocycles. The van der Waals surface area contributed by atoms with Crippen molar-refractivity contribution in [1.82, 2.24) is 16.0 Å². The molecule has 0 aliphatic carbocycles. The van der Waals surface area contributed by atoms with Gasteiger partial charge in [0.15, 0.2) is 0 Å². The Kier molecular flexibility index (Phi) is 53.4. The third kappa shape index (κ3) is 69.8. The van der Waals surface area contributed by atoms with Gasteiger partial charge < -0.3 is 121 Å². The fraction of sp³-hybridized carbons (Fsp3) is 0.864. The number of carbonyl (C=O) groups is 12. The van der Waals surface area contributed by atoms with E-state index < -0.39 is 164 Å². The van der Waals surface area contributed by atoms with Gasteiger partial charge >= 0.3 is 53.7 Å². The van der Waals surface area contributed by atoms with Crippen molar-refractivity contribution in [2.24, 2.45) is 5.73 Å². The average Bonchev–Trinajstić information content (AvgIpc) is 0.856. The number of esters is 9. The van der Waals surface area contributed by atoms with Gasteiger partial charge in [0.1, 0.15) is 67.0 Å². The largest absolute Gasteiger partial charge is 0.460 e. The molecular formula is C88H158N4O33. The summed E-state index contributed by atoms with van der Waals surface area (Å²) in [5, 5.41) is 8.82. The first kappa shape index (κ1) is 118. The molecule has 0 aromatic carbocycles. The van der Waals surface area contributed by atoms with Gasteiger partial charge in [0.05, 0.1) is 222 Å². The van der Waals surface area contributed by atoms with Gasteiger partial charge in [0, 0.05) is 19.3 Å². The van der Waals surface area contributed by atoms with Crippen LogP contribution in [0.4, 0.5) is 0 Å². The molecule has 37 nitrogen and oxygen atoms in total. The minimum atomic E-state index is -1.65. The van der Waals surface area contributed by atoms with Gasteiger partial charge in [0.25, 0.3) is 0 Å². The van der Waals surface area contributed by atoms with Crippen LogP contribution in [0.1, 0.15) is 264 Å². The number of carbonyl (C=O) groups excluding carboxylic acids is 12. The maximum atomic E-state index is 14.4. The van der Waals surface area contributed by atoms with Gasteiger partial charge in [-0.05, 0) is 187 Å². The molecule has 125 heavy (non-hydrogen) atoms. The number of nitrogens with two attached hydrogens (primary N) is 1. The molecule has 3 amide bonds. The van der Waals surface area contributed by atoms with Crippen LogP contribution in [0.15, 0.2) is 0 Å². The first-order chi connectivity index (χ1) is 57.2. The zero-order valence-corrected chi connectivity index (χ0v) is 80.5. The summed E-state index contributed by atoms with van der Waals surface area (Å²) >= 11 is 0. The lowest BCUT2D eigenvalue weighted by atomic mass is 10.0. The Balaban J connectivity index is 7.84. The Morgan fingerprint density at radius 1 is 0.176 bits per heavy atom. The summed E-state index contributed by atoms with van der Waals surface area (Å²) in [6.07, 6.45) is -2.68. The van der Waals surface area contributed by atoms with Crippen LogP contribution in [0.5, 0.6) is 0 Å². The van der Waals surface area contributed by atoms with Crippen molar-refractivity contribution in [2.75, 3.05) is 159 Å². The summed E-state index contributed by atoms with van der Waals surface area (Å²) in [4.78, 5) is 159. The molecule has 0 bridgehead atoms. The Hall–Kier alpha value is -6.88. The minimum Gasteiger partial charge on any atom is -0.460 e. The van der Waals surface area contributed by atoms with Gasteiger partial charge in [-0.1, -0.05) is 0 Å². The molecule has 37 heteroatoms. The van der Waals surface area contributed by atoms with Crippen molar-refractivity contribution in [3.05, 3.63) is 0 Å². The van der Waals surface area contributed by atoms with E-state index in [4.69, 9.17) is 105 Å². The summed E-state index contributed by atoms with van der Waals surface area (Å²) in [5.74, 6) is -6.93. The normalized spacial score (nSPS) is 13.0. The highest BCUT2D eigenvalue weighted by Gasteiger charge is 2.39. The van der Waals surface area contributed by atoms with Crippen molar-refractivity contribution < 1.29 is 157 Å². The molecule has 0 unspecified atom stereocenters. The summed E-state index contributed by atoms with van der Waals surface area (Å²) < 4.78 is 122. The SMILES string of the molecule is CC(C)(C)OC(=O)CCOCC(COCCC(=O)OC(C)(C)C)(COCCC(=O)OC(C)(C)C)NC(=O)CCOCC(N)(COCCC(=O)NC(COCCC(=O)OC(C)(C)C)(COCCC(=O)OC(C)(C)C)COCCC(=O)OC(C)(C)C)COCCC(=O)NC(COCCC(=O)OC(C)(C)C)(COCCC(=O)OC(C)(C)C)COCCC(=O)OC(C)(C)C. The zero-order valence-electron chi connectivity index (χ0n) is 80.5. The maximum Gasteiger partial charge on any atom is 0.308 e. The van der Waals surface area contributed by atoms with Crippen LogP contribution in [0, 0.1) is 0 Å². The average molecular weight is 1800 g/mol. The smallest absolute Gasteiger partial charge is 0.308 e. The van der Waals surface area contributed by atoms with Crippen molar-refractivity contribution in [1.29, 1.82) is 0 Å². The number of ether oxygens (including phenoxy) is 21. The number of hydrogen-bond acceptors (Lipinski definition) is 34. The van der Waals surface area contributed by atoms with Gasteiger partial charge in [-0.25, -0.2) is 0 Å².